The van der Waals surface area contributed by atoms with Gasteiger partial charge in [0.25, 0.3) is 5.56 Å². The number of hydrogen-bond acceptors (Lipinski definition) is 7. The van der Waals surface area contributed by atoms with Crippen molar-refractivity contribution in [3.05, 3.63) is 82.8 Å². The van der Waals surface area contributed by atoms with E-state index in [0.29, 0.717) is 30.1 Å². The average molecular weight is 528 g/mol. The normalized spacial score (nSPS) is 15.5. The van der Waals surface area contributed by atoms with Gasteiger partial charge in [-0.15, -0.1) is 0 Å². The molecule has 1 atom stereocenters. The van der Waals surface area contributed by atoms with Gasteiger partial charge in [-0.3, -0.25) is 14.3 Å². The number of pyridine rings is 1. The highest BCUT2D eigenvalue weighted by Gasteiger charge is 2.22. The molecule has 0 radical (unpaired) electrons. The van der Waals surface area contributed by atoms with Crippen LogP contribution in [0, 0.1) is 11.6 Å². The lowest BCUT2D eigenvalue weighted by Crippen LogP contribution is -2.40. The predicted octanol–water partition coefficient (Wildman–Crippen LogP) is 3.91. The van der Waals surface area contributed by atoms with Crippen molar-refractivity contribution >= 4 is 28.1 Å². The largest absolute Gasteiger partial charge is 0.448 e. The first kappa shape index (κ1) is 24.9. The van der Waals surface area contributed by atoms with Crippen LogP contribution in [-0.2, 0) is 11.1 Å². The smallest absolute Gasteiger partial charge is 0.299 e. The van der Waals surface area contributed by atoms with Crippen LogP contribution in [0.1, 0.15) is 12.8 Å². The van der Waals surface area contributed by atoms with Gasteiger partial charge in [0.1, 0.15) is 11.7 Å². The van der Waals surface area contributed by atoms with Crippen molar-refractivity contribution in [2.24, 2.45) is 0 Å². The molecule has 192 valence electrons. The summed E-state index contributed by atoms with van der Waals surface area (Å²) in [4.78, 5) is 24.4. The molecule has 2 N–H and O–H groups in total. The number of rotatable bonds is 7. The zero-order valence-corrected chi connectivity index (χ0v) is 20.3. The number of anilines is 1. The van der Waals surface area contributed by atoms with E-state index in [1.807, 2.05) is 4.90 Å². The number of hydrogen-bond donors (Lipinski definition) is 2. The Morgan fingerprint density at radius 1 is 1.08 bits per heavy atom. The van der Waals surface area contributed by atoms with Crippen LogP contribution < -0.4 is 15.6 Å². The van der Waals surface area contributed by atoms with E-state index in [1.165, 1.54) is 59.3 Å². The van der Waals surface area contributed by atoms with E-state index in [9.17, 15) is 17.8 Å². The van der Waals surface area contributed by atoms with E-state index in [-0.39, 0.29) is 29.1 Å². The van der Waals surface area contributed by atoms with Gasteiger partial charge in [-0.2, -0.15) is 4.98 Å². The monoisotopic (exact) mass is 527 g/mol. The molecule has 3 heterocycles. The van der Waals surface area contributed by atoms with Crippen LogP contribution >= 0.6 is 0 Å². The maximum atomic E-state index is 14.2. The van der Waals surface area contributed by atoms with Crippen molar-refractivity contribution in [2.45, 2.75) is 18.9 Å². The van der Waals surface area contributed by atoms with Crippen LogP contribution in [0.4, 0.5) is 14.7 Å². The quantitative estimate of drug-likeness (QED) is 0.348. The molecule has 0 bridgehead atoms. The molecule has 5 rings (SSSR count). The minimum Gasteiger partial charge on any atom is -0.448 e. The highest BCUT2D eigenvalue weighted by molar-refractivity contribution is 7.79. The van der Waals surface area contributed by atoms with Gasteiger partial charge in [-0.25, -0.2) is 18.0 Å². The highest BCUT2D eigenvalue weighted by atomic mass is 32.2. The summed E-state index contributed by atoms with van der Waals surface area (Å²) in [6.07, 6.45) is 2.97. The lowest BCUT2D eigenvalue weighted by Gasteiger charge is -2.31. The van der Waals surface area contributed by atoms with Crippen LogP contribution in [-0.4, -0.2) is 53.2 Å². The standard InChI is InChI=1S/C25H23F2N5O4S/c26-17-5-7-19(8-6-17)32-23-16(13-22(24(32)33)36-21-4-2-1-3-20(21)27)14-28-25(30-23)29-18-9-11-31(12-10-18)15-37(34)35/h1-8,13-14,18H,9-12,15H2,(H,34,35)(H,28,29,30). The van der Waals surface area contributed by atoms with Crippen molar-refractivity contribution in [1.82, 2.24) is 19.4 Å². The number of nitrogens with one attached hydrogen (secondary N) is 1. The van der Waals surface area contributed by atoms with Crippen LogP contribution in [0.15, 0.2) is 65.6 Å². The third-order valence-corrected chi connectivity index (χ3v) is 6.65. The molecular formula is C25H23F2N5O4S. The minimum absolute atomic E-state index is 0.0375. The first-order valence-corrected chi connectivity index (χ1v) is 12.8. The Morgan fingerprint density at radius 2 is 1.81 bits per heavy atom. The first-order valence-electron chi connectivity index (χ1n) is 11.5. The third kappa shape index (κ3) is 5.66. The Morgan fingerprint density at radius 3 is 2.51 bits per heavy atom. The molecule has 1 aliphatic heterocycles. The van der Waals surface area contributed by atoms with Gasteiger partial charge in [0.05, 0.1) is 5.69 Å². The topological polar surface area (TPSA) is 110 Å². The summed E-state index contributed by atoms with van der Waals surface area (Å²) < 4.78 is 54.9. The van der Waals surface area contributed by atoms with Crippen LogP contribution in [0.25, 0.3) is 16.7 Å². The van der Waals surface area contributed by atoms with Crippen molar-refractivity contribution in [3.63, 3.8) is 0 Å². The van der Waals surface area contributed by atoms with Crippen LogP contribution in [0.3, 0.4) is 0 Å². The Labute approximate surface area is 213 Å². The van der Waals surface area contributed by atoms with Gasteiger partial charge in [-0.1, -0.05) is 12.1 Å². The molecule has 0 spiro atoms. The summed E-state index contributed by atoms with van der Waals surface area (Å²) in [6.45, 7) is 1.29. The number of benzene rings is 2. The van der Waals surface area contributed by atoms with E-state index in [4.69, 9.17) is 9.29 Å². The first-order chi connectivity index (χ1) is 17.9. The molecule has 2 aromatic heterocycles. The molecule has 4 aromatic rings. The molecule has 0 amide bonds. The molecular weight excluding hydrogens is 504 g/mol. The lowest BCUT2D eigenvalue weighted by atomic mass is 10.1. The number of halogens is 2. The SMILES string of the molecule is O=c1c(Oc2ccccc2F)cc2cnc(NC3CCN(CS(=O)O)CC3)nc2n1-c1ccc(F)cc1. The minimum atomic E-state index is -1.88. The maximum absolute atomic E-state index is 14.2. The summed E-state index contributed by atoms with van der Waals surface area (Å²) >= 11 is -1.88. The van der Waals surface area contributed by atoms with E-state index in [2.05, 4.69) is 15.3 Å². The van der Waals surface area contributed by atoms with Gasteiger partial charge < -0.3 is 14.6 Å². The van der Waals surface area contributed by atoms with E-state index in [1.54, 1.807) is 6.07 Å². The average Bonchev–Trinajstić information content (AvgIpc) is 2.88. The molecule has 1 unspecified atom stereocenters. The van der Waals surface area contributed by atoms with Gasteiger partial charge in [0.15, 0.2) is 34.0 Å². The maximum Gasteiger partial charge on any atom is 0.299 e. The predicted molar refractivity (Wildman–Crippen MR) is 135 cm³/mol. The Hall–Kier alpha value is -3.74. The Bertz CT molecular complexity index is 1510. The number of nitrogens with zero attached hydrogens (tertiary/aromatic N) is 4. The molecule has 1 saturated heterocycles. The van der Waals surface area contributed by atoms with Crippen LogP contribution in [0.2, 0.25) is 0 Å². The molecule has 2 aromatic carbocycles. The van der Waals surface area contributed by atoms with Crippen molar-refractivity contribution in [1.29, 1.82) is 0 Å². The number of para-hydroxylation sites is 1. The molecule has 1 aliphatic rings. The van der Waals surface area contributed by atoms with E-state index >= 15 is 0 Å². The number of piperidine rings is 1. The van der Waals surface area contributed by atoms with Crippen molar-refractivity contribution < 1.29 is 22.3 Å². The number of fused-ring (bicyclic) bond motifs is 1. The summed E-state index contributed by atoms with van der Waals surface area (Å²) in [5, 5.41) is 3.73. The van der Waals surface area contributed by atoms with E-state index < -0.39 is 28.3 Å². The third-order valence-electron chi connectivity index (χ3n) is 6.06. The summed E-state index contributed by atoms with van der Waals surface area (Å²) in [6, 6.07) is 12.6. The van der Waals surface area contributed by atoms with Gasteiger partial charge >= 0.3 is 0 Å². The molecule has 1 fully saturated rings. The zero-order chi connectivity index (χ0) is 25.9. The lowest BCUT2D eigenvalue weighted by molar-refractivity contribution is 0.247. The number of likely N-dealkylation sites (tertiary alicyclic amines) is 1. The van der Waals surface area contributed by atoms with Crippen molar-refractivity contribution in [3.8, 4) is 17.2 Å². The number of ether oxygens (including phenoxy) is 1. The molecule has 0 aliphatic carbocycles. The second-order valence-corrected chi connectivity index (χ2v) is 9.52. The van der Waals surface area contributed by atoms with E-state index in [0.717, 1.165) is 12.8 Å². The zero-order valence-electron chi connectivity index (χ0n) is 19.5. The fourth-order valence-electron chi connectivity index (χ4n) is 4.24. The molecule has 37 heavy (non-hydrogen) atoms. The molecule has 9 nitrogen and oxygen atoms in total. The fraction of sp³-hybridized carbons (Fsp3) is 0.240. The van der Waals surface area contributed by atoms with Gasteiger partial charge in [0, 0.05) is 30.7 Å². The van der Waals surface area contributed by atoms with Gasteiger partial charge in [0.2, 0.25) is 5.95 Å². The second kappa shape index (κ2) is 10.7. The summed E-state index contributed by atoms with van der Waals surface area (Å²) in [5.74, 6) is -0.925. The fourth-order valence-corrected chi connectivity index (χ4v) is 4.81. The molecule has 0 saturated carbocycles. The highest BCUT2D eigenvalue weighted by Crippen LogP contribution is 2.26. The summed E-state index contributed by atoms with van der Waals surface area (Å²) in [5.41, 5.74) is 0.0192. The van der Waals surface area contributed by atoms with Crippen molar-refractivity contribution in [2.75, 3.05) is 24.3 Å². The number of aromatic nitrogens is 3. The second-order valence-electron chi connectivity index (χ2n) is 8.62. The summed E-state index contributed by atoms with van der Waals surface area (Å²) in [7, 11) is 0. The molecule has 12 heteroatoms. The van der Waals surface area contributed by atoms with Crippen LogP contribution in [0.5, 0.6) is 11.5 Å². The Kier molecular flexibility index (Phi) is 7.22. The van der Waals surface area contributed by atoms with Gasteiger partial charge in [-0.05, 0) is 55.3 Å². The Balaban J connectivity index is 1.51.